The van der Waals surface area contributed by atoms with Gasteiger partial charge >= 0.3 is 0 Å². The van der Waals surface area contributed by atoms with Crippen LogP contribution in [0, 0.1) is 5.92 Å². The van der Waals surface area contributed by atoms with Crippen molar-refractivity contribution in [2.45, 2.75) is 38.6 Å². The van der Waals surface area contributed by atoms with Gasteiger partial charge in [-0.2, -0.15) is 0 Å². The molecule has 5 nitrogen and oxygen atoms in total. The van der Waals surface area contributed by atoms with Gasteiger partial charge in [-0.3, -0.25) is 9.59 Å². The van der Waals surface area contributed by atoms with Crippen molar-refractivity contribution in [3.63, 3.8) is 0 Å². The molecule has 0 aromatic heterocycles. The number of carbonyl (C=O) groups is 2. The second-order valence-corrected chi connectivity index (χ2v) is 10.8. The van der Waals surface area contributed by atoms with Gasteiger partial charge in [0.25, 0.3) is 0 Å². The minimum absolute atomic E-state index is 0.0749. The Morgan fingerprint density at radius 3 is 2.19 bits per heavy atom. The van der Waals surface area contributed by atoms with Crippen LogP contribution in [0.4, 0.5) is 0 Å². The molecule has 3 aromatic rings. The molecule has 37 heavy (non-hydrogen) atoms. The normalized spacial score (nSPS) is 11.7. The van der Waals surface area contributed by atoms with Gasteiger partial charge in [0, 0.05) is 30.3 Å². The molecule has 0 saturated heterocycles. The largest absolute Gasteiger partial charge is 0.497 e. The highest BCUT2D eigenvalue weighted by Crippen LogP contribution is 2.20. The van der Waals surface area contributed by atoms with E-state index >= 15 is 0 Å². The number of halogens is 1. The van der Waals surface area contributed by atoms with E-state index in [-0.39, 0.29) is 17.6 Å². The molecular formula is C30H35ClN2O3S. The Morgan fingerprint density at radius 1 is 0.919 bits per heavy atom. The highest BCUT2D eigenvalue weighted by Gasteiger charge is 2.30. The summed E-state index contributed by atoms with van der Waals surface area (Å²) in [7, 11) is 1.64. The van der Waals surface area contributed by atoms with Gasteiger partial charge in [-0.1, -0.05) is 80.0 Å². The van der Waals surface area contributed by atoms with Gasteiger partial charge in [0.05, 0.1) is 12.9 Å². The van der Waals surface area contributed by atoms with Crippen LogP contribution in [-0.2, 0) is 28.3 Å². The zero-order valence-electron chi connectivity index (χ0n) is 21.7. The third kappa shape index (κ3) is 9.45. The Kier molecular flexibility index (Phi) is 11.4. The van der Waals surface area contributed by atoms with E-state index in [4.69, 9.17) is 16.3 Å². The van der Waals surface area contributed by atoms with Crippen LogP contribution in [0.15, 0.2) is 78.9 Å². The first-order valence-electron chi connectivity index (χ1n) is 12.4. The molecule has 0 radical (unpaired) electrons. The summed E-state index contributed by atoms with van der Waals surface area (Å²) in [6.07, 6.45) is 0.438. The number of rotatable bonds is 13. The number of ether oxygens (including phenoxy) is 1. The molecule has 0 saturated carbocycles. The number of benzene rings is 3. The number of hydrogen-bond donors (Lipinski definition) is 1. The van der Waals surface area contributed by atoms with E-state index in [1.807, 2.05) is 78.9 Å². The van der Waals surface area contributed by atoms with Crippen LogP contribution in [0.2, 0.25) is 5.02 Å². The predicted octanol–water partition coefficient (Wildman–Crippen LogP) is 5.99. The standard InChI is InChI=1S/C30H35ClN2O3S/c1-22(2)18-32-30(35)28(17-23-7-5-4-6-8-23)33(19-24-9-13-26(31)14-10-24)29(34)21-37-20-25-11-15-27(36-3)16-12-25/h4-16,22,28H,17-21H2,1-3H3,(H,32,35). The molecule has 1 atom stereocenters. The van der Waals surface area contributed by atoms with Gasteiger partial charge in [-0.25, -0.2) is 0 Å². The predicted molar refractivity (Wildman–Crippen MR) is 153 cm³/mol. The summed E-state index contributed by atoms with van der Waals surface area (Å²) < 4.78 is 5.23. The lowest BCUT2D eigenvalue weighted by molar-refractivity contribution is -0.139. The van der Waals surface area contributed by atoms with Crippen molar-refractivity contribution in [2.75, 3.05) is 19.4 Å². The van der Waals surface area contributed by atoms with E-state index in [1.54, 1.807) is 12.0 Å². The van der Waals surface area contributed by atoms with Crippen molar-refractivity contribution in [2.24, 2.45) is 5.92 Å². The third-order valence-electron chi connectivity index (χ3n) is 5.88. The quantitative estimate of drug-likeness (QED) is 0.290. The molecule has 3 rings (SSSR count). The van der Waals surface area contributed by atoms with Gasteiger partial charge in [0.1, 0.15) is 11.8 Å². The number of nitrogens with one attached hydrogen (secondary N) is 1. The first-order chi connectivity index (χ1) is 17.9. The maximum Gasteiger partial charge on any atom is 0.243 e. The van der Waals surface area contributed by atoms with Gasteiger partial charge in [0.15, 0.2) is 0 Å². The van der Waals surface area contributed by atoms with Gasteiger partial charge in [0.2, 0.25) is 11.8 Å². The summed E-state index contributed by atoms with van der Waals surface area (Å²) in [5.41, 5.74) is 3.04. The summed E-state index contributed by atoms with van der Waals surface area (Å²) in [6, 6.07) is 24.5. The number of methoxy groups -OCH3 is 1. The summed E-state index contributed by atoms with van der Waals surface area (Å²) in [4.78, 5) is 28.8. The lowest BCUT2D eigenvalue weighted by Gasteiger charge is -2.32. The van der Waals surface area contributed by atoms with Crippen molar-refractivity contribution >= 4 is 35.2 Å². The monoisotopic (exact) mass is 538 g/mol. The van der Waals surface area contributed by atoms with Crippen molar-refractivity contribution in [1.29, 1.82) is 0 Å². The van der Waals surface area contributed by atoms with Gasteiger partial charge < -0.3 is 15.0 Å². The second kappa shape index (κ2) is 14.7. The molecule has 0 bridgehead atoms. The number of hydrogen-bond acceptors (Lipinski definition) is 4. The average Bonchev–Trinajstić information content (AvgIpc) is 2.91. The number of nitrogens with zero attached hydrogens (tertiary/aromatic N) is 1. The minimum Gasteiger partial charge on any atom is -0.497 e. The van der Waals surface area contributed by atoms with Crippen LogP contribution in [0.1, 0.15) is 30.5 Å². The van der Waals surface area contributed by atoms with Gasteiger partial charge in [-0.15, -0.1) is 11.8 Å². The van der Waals surface area contributed by atoms with Crippen LogP contribution >= 0.6 is 23.4 Å². The summed E-state index contributed by atoms with van der Waals surface area (Å²) in [6.45, 7) is 4.99. The maximum absolute atomic E-state index is 13.7. The highest BCUT2D eigenvalue weighted by molar-refractivity contribution is 7.99. The van der Waals surface area contributed by atoms with Crippen molar-refractivity contribution in [3.05, 3.63) is 101 Å². The number of carbonyl (C=O) groups excluding carboxylic acids is 2. The van der Waals surface area contributed by atoms with E-state index in [2.05, 4.69) is 19.2 Å². The Balaban J connectivity index is 1.81. The van der Waals surface area contributed by atoms with Crippen molar-refractivity contribution in [1.82, 2.24) is 10.2 Å². The molecule has 0 aliphatic heterocycles. The SMILES string of the molecule is COc1ccc(CSCC(=O)N(Cc2ccc(Cl)cc2)C(Cc2ccccc2)C(=O)NCC(C)C)cc1. The topological polar surface area (TPSA) is 58.6 Å². The second-order valence-electron chi connectivity index (χ2n) is 9.33. The van der Waals surface area contributed by atoms with Crippen LogP contribution in [0.25, 0.3) is 0 Å². The molecule has 196 valence electrons. The molecule has 1 unspecified atom stereocenters. The summed E-state index contributed by atoms with van der Waals surface area (Å²) in [5, 5.41) is 3.68. The molecule has 2 amide bonds. The molecule has 0 aliphatic rings. The Bertz CT molecular complexity index is 1120. The Hall–Kier alpha value is -2.96. The molecule has 0 heterocycles. The lowest BCUT2D eigenvalue weighted by atomic mass is 10.0. The summed E-state index contributed by atoms with van der Waals surface area (Å²) >= 11 is 7.63. The van der Waals surface area contributed by atoms with E-state index < -0.39 is 6.04 Å². The number of amides is 2. The fourth-order valence-corrected chi connectivity index (χ4v) is 4.82. The molecule has 3 aromatic carbocycles. The molecule has 1 N–H and O–H groups in total. The zero-order valence-corrected chi connectivity index (χ0v) is 23.2. The molecule has 7 heteroatoms. The van der Waals surface area contributed by atoms with E-state index in [0.717, 1.165) is 22.4 Å². The smallest absolute Gasteiger partial charge is 0.243 e. The molecular weight excluding hydrogens is 504 g/mol. The van der Waals surface area contributed by atoms with Crippen LogP contribution in [0.5, 0.6) is 5.75 Å². The molecule has 0 spiro atoms. The minimum atomic E-state index is -0.633. The van der Waals surface area contributed by atoms with E-state index in [0.29, 0.717) is 36.2 Å². The summed E-state index contributed by atoms with van der Waals surface area (Å²) in [5.74, 6) is 1.85. The van der Waals surface area contributed by atoms with E-state index in [1.165, 1.54) is 11.8 Å². The van der Waals surface area contributed by atoms with Crippen molar-refractivity contribution in [3.8, 4) is 5.75 Å². The van der Waals surface area contributed by atoms with E-state index in [9.17, 15) is 9.59 Å². The third-order valence-corrected chi connectivity index (χ3v) is 7.12. The Labute approximate surface area is 229 Å². The van der Waals surface area contributed by atoms with Crippen LogP contribution < -0.4 is 10.1 Å². The maximum atomic E-state index is 13.7. The van der Waals surface area contributed by atoms with Crippen LogP contribution in [-0.4, -0.2) is 42.2 Å². The highest BCUT2D eigenvalue weighted by atomic mass is 35.5. The fourth-order valence-electron chi connectivity index (χ4n) is 3.82. The first-order valence-corrected chi connectivity index (χ1v) is 13.9. The van der Waals surface area contributed by atoms with Crippen LogP contribution in [0.3, 0.4) is 0 Å². The van der Waals surface area contributed by atoms with Gasteiger partial charge in [-0.05, 0) is 46.9 Å². The molecule has 0 fully saturated rings. The van der Waals surface area contributed by atoms with Crippen molar-refractivity contribution < 1.29 is 14.3 Å². The number of thioether (sulfide) groups is 1. The fraction of sp³-hybridized carbons (Fsp3) is 0.333. The lowest BCUT2D eigenvalue weighted by Crippen LogP contribution is -2.51. The first kappa shape index (κ1) is 28.6. The Morgan fingerprint density at radius 2 is 1.57 bits per heavy atom. The average molecular weight is 539 g/mol. The zero-order chi connectivity index (χ0) is 26.6. The molecule has 0 aliphatic carbocycles.